The van der Waals surface area contributed by atoms with Crippen LogP contribution in [0.4, 0.5) is 0 Å². The minimum absolute atomic E-state index is 0.666. The topological polar surface area (TPSA) is 38.7 Å². The minimum Gasteiger partial charge on any atom is -0.244 e. The molecule has 4 aromatic rings. The Morgan fingerprint density at radius 2 is 1.48 bits per heavy atom. The molecule has 0 unspecified atom stereocenters. The number of aromatic nitrogens is 3. The van der Waals surface area contributed by atoms with E-state index in [1.54, 1.807) is 0 Å². The molecule has 2 heterocycles. The number of hydrogen-bond donors (Lipinski definition) is 0. The lowest BCUT2D eigenvalue weighted by Crippen LogP contribution is -1.99. The SMILES string of the molecule is CCc1cc(C)cc(CC)c1-c1cccc(-c2ncc3ccccc3n2)n1. The first-order valence-corrected chi connectivity index (χ1v) is 9.51. The highest BCUT2D eigenvalue weighted by atomic mass is 14.9. The summed E-state index contributed by atoms with van der Waals surface area (Å²) in [6.45, 7) is 6.57. The van der Waals surface area contributed by atoms with E-state index in [9.17, 15) is 0 Å². The summed E-state index contributed by atoms with van der Waals surface area (Å²) in [5.74, 6) is 0.666. The molecular weight excluding hydrogens is 330 g/mol. The Labute approximate surface area is 160 Å². The van der Waals surface area contributed by atoms with E-state index in [0.717, 1.165) is 35.1 Å². The average molecular weight is 353 g/mol. The number of nitrogens with zero attached hydrogens (tertiary/aromatic N) is 3. The molecule has 0 fully saturated rings. The molecule has 4 rings (SSSR count). The molecule has 0 N–H and O–H groups in total. The quantitative estimate of drug-likeness (QED) is 0.466. The van der Waals surface area contributed by atoms with Gasteiger partial charge in [0.15, 0.2) is 5.82 Å². The summed E-state index contributed by atoms with van der Waals surface area (Å²) in [4.78, 5) is 14.2. The zero-order chi connectivity index (χ0) is 18.8. The molecule has 0 aliphatic rings. The molecule has 0 spiro atoms. The van der Waals surface area contributed by atoms with Crippen molar-refractivity contribution in [2.45, 2.75) is 33.6 Å². The largest absolute Gasteiger partial charge is 0.244 e. The second-order valence-electron chi connectivity index (χ2n) is 6.83. The lowest BCUT2D eigenvalue weighted by molar-refractivity contribution is 1.07. The van der Waals surface area contributed by atoms with Crippen molar-refractivity contribution in [1.29, 1.82) is 0 Å². The number of pyridine rings is 1. The Kier molecular flexibility index (Phi) is 4.68. The maximum absolute atomic E-state index is 4.94. The van der Waals surface area contributed by atoms with E-state index in [-0.39, 0.29) is 0 Å². The predicted octanol–water partition coefficient (Wildman–Crippen LogP) is 5.79. The molecule has 0 aliphatic heterocycles. The molecule has 0 bridgehead atoms. The van der Waals surface area contributed by atoms with Crippen LogP contribution in [-0.4, -0.2) is 15.0 Å². The van der Waals surface area contributed by atoms with Gasteiger partial charge in [0.1, 0.15) is 5.69 Å². The molecule has 134 valence electrons. The number of rotatable bonds is 4. The van der Waals surface area contributed by atoms with Crippen molar-refractivity contribution in [3.8, 4) is 22.8 Å². The first-order chi connectivity index (χ1) is 13.2. The van der Waals surface area contributed by atoms with Gasteiger partial charge in [-0.1, -0.05) is 55.8 Å². The van der Waals surface area contributed by atoms with Crippen molar-refractivity contribution >= 4 is 10.9 Å². The number of aryl methyl sites for hydroxylation is 3. The fourth-order valence-electron chi connectivity index (χ4n) is 3.62. The Balaban J connectivity index is 1.86. The molecule has 0 aliphatic carbocycles. The molecule has 27 heavy (non-hydrogen) atoms. The highest BCUT2D eigenvalue weighted by Gasteiger charge is 2.13. The van der Waals surface area contributed by atoms with E-state index < -0.39 is 0 Å². The van der Waals surface area contributed by atoms with Crippen LogP contribution in [0.2, 0.25) is 0 Å². The number of fused-ring (bicyclic) bond motifs is 1. The van der Waals surface area contributed by atoms with Gasteiger partial charge >= 0.3 is 0 Å². The summed E-state index contributed by atoms with van der Waals surface area (Å²) >= 11 is 0. The Bertz CT molecular complexity index is 1090. The van der Waals surface area contributed by atoms with E-state index in [0.29, 0.717) is 5.82 Å². The first kappa shape index (κ1) is 17.3. The molecule has 0 amide bonds. The molecule has 2 aromatic carbocycles. The number of para-hydroxylation sites is 1. The third kappa shape index (κ3) is 3.33. The summed E-state index contributed by atoms with van der Waals surface area (Å²) in [7, 11) is 0. The third-order valence-electron chi connectivity index (χ3n) is 4.93. The van der Waals surface area contributed by atoms with Crippen LogP contribution >= 0.6 is 0 Å². The van der Waals surface area contributed by atoms with Crippen LogP contribution < -0.4 is 0 Å². The van der Waals surface area contributed by atoms with Crippen molar-refractivity contribution in [2.75, 3.05) is 0 Å². The lowest BCUT2D eigenvalue weighted by Gasteiger charge is -2.15. The smallest absolute Gasteiger partial charge is 0.178 e. The monoisotopic (exact) mass is 353 g/mol. The zero-order valence-electron chi connectivity index (χ0n) is 16.0. The summed E-state index contributed by atoms with van der Waals surface area (Å²) < 4.78 is 0. The van der Waals surface area contributed by atoms with Gasteiger partial charge in [-0.2, -0.15) is 0 Å². The van der Waals surface area contributed by atoms with Gasteiger partial charge in [0.25, 0.3) is 0 Å². The van der Waals surface area contributed by atoms with E-state index >= 15 is 0 Å². The van der Waals surface area contributed by atoms with Gasteiger partial charge < -0.3 is 0 Å². The van der Waals surface area contributed by atoms with Crippen molar-refractivity contribution < 1.29 is 0 Å². The van der Waals surface area contributed by atoms with E-state index in [2.05, 4.69) is 50.0 Å². The molecule has 0 saturated carbocycles. The zero-order valence-corrected chi connectivity index (χ0v) is 16.0. The predicted molar refractivity (Wildman–Crippen MR) is 112 cm³/mol. The maximum Gasteiger partial charge on any atom is 0.178 e. The summed E-state index contributed by atoms with van der Waals surface area (Å²) in [5, 5.41) is 1.04. The van der Waals surface area contributed by atoms with Crippen molar-refractivity contribution in [2.24, 2.45) is 0 Å². The lowest BCUT2D eigenvalue weighted by atomic mass is 9.92. The maximum atomic E-state index is 4.94. The van der Waals surface area contributed by atoms with Gasteiger partial charge in [-0.15, -0.1) is 0 Å². The molecule has 0 saturated heterocycles. The van der Waals surface area contributed by atoms with Crippen molar-refractivity contribution in [1.82, 2.24) is 15.0 Å². The van der Waals surface area contributed by atoms with Gasteiger partial charge in [0.2, 0.25) is 0 Å². The van der Waals surface area contributed by atoms with Gasteiger partial charge in [-0.05, 0) is 49.1 Å². The van der Waals surface area contributed by atoms with Crippen molar-refractivity contribution in [3.63, 3.8) is 0 Å². The van der Waals surface area contributed by atoms with Crippen molar-refractivity contribution in [3.05, 3.63) is 77.5 Å². The van der Waals surface area contributed by atoms with Crippen LogP contribution in [0.1, 0.15) is 30.5 Å². The fraction of sp³-hybridized carbons (Fsp3) is 0.208. The summed E-state index contributed by atoms with van der Waals surface area (Å²) in [6.07, 6.45) is 3.84. The highest BCUT2D eigenvalue weighted by Crippen LogP contribution is 2.30. The third-order valence-corrected chi connectivity index (χ3v) is 4.93. The Morgan fingerprint density at radius 1 is 0.778 bits per heavy atom. The second kappa shape index (κ2) is 7.28. The van der Waals surface area contributed by atoms with Crippen LogP contribution in [0.3, 0.4) is 0 Å². The van der Waals surface area contributed by atoms with Crippen LogP contribution in [0.25, 0.3) is 33.7 Å². The highest BCUT2D eigenvalue weighted by molar-refractivity contribution is 5.79. The average Bonchev–Trinajstić information content (AvgIpc) is 2.72. The number of benzene rings is 2. The molecular formula is C24H23N3. The van der Waals surface area contributed by atoms with Gasteiger partial charge in [-0.3, -0.25) is 0 Å². The number of hydrogen-bond acceptors (Lipinski definition) is 3. The van der Waals surface area contributed by atoms with E-state index in [4.69, 9.17) is 9.97 Å². The Morgan fingerprint density at radius 3 is 2.22 bits per heavy atom. The fourth-order valence-corrected chi connectivity index (χ4v) is 3.62. The van der Waals surface area contributed by atoms with Crippen LogP contribution in [0.15, 0.2) is 60.8 Å². The van der Waals surface area contributed by atoms with E-state index in [1.807, 2.05) is 36.5 Å². The minimum atomic E-state index is 0.666. The summed E-state index contributed by atoms with van der Waals surface area (Å²) in [6, 6.07) is 18.7. The second-order valence-corrected chi connectivity index (χ2v) is 6.83. The van der Waals surface area contributed by atoms with Crippen LogP contribution in [0, 0.1) is 6.92 Å². The molecule has 0 atom stereocenters. The summed E-state index contributed by atoms with van der Waals surface area (Å²) in [5.41, 5.74) is 8.00. The molecule has 3 heteroatoms. The van der Waals surface area contributed by atoms with Gasteiger partial charge in [0.05, 0.1) is 11.2 Å². The normalized spacial score (nSPS) is 11.1. The Hall–Kier alpha value is -3.07. The van der Waals surface area contributed by atoms with E-state index in [1.165, 1.54) is 22.3 Å². The van der Waals surface area contributed by atoms with Crippen LogP contribution in [0.5, 0.6) is 0 Å². The van der Waals surface area contributed by atoms with Gasteiger partial charge in [-0.25, -0.2) is 15.0 Å². The standard InChI is InChI=1S/C24H23N3/c1-4-17-13-16(3)14-18(5-2)23(17)21-11-8-12-22(26-21)24-25-15-19-9-6-7-10-20(19)27-24/h6-15H,4-5H2,1-3H3. The van der Waals surface area contributed by atoms with Crippen LogP contribution in [-0.2, 0) is 12.8 Å². The first-order valence-electron chi connectivity index (χ1n) is 9.51. The molecule has 2 aromatic heterocycles. The molecule has 0 radical (unpaired) electrons. The molecule has 3 nitrogen and oxygen atoms in total. The van der Waals surface area contributed by atoms with Gasteiger partial charge in [0, 0.05) is 17.1 Å².